The number of hydrogen-bond acceptors (Lipinski definition) is 3. The van der Waals surface area contributed by atoms with Gasteiger partial charge in [0.05, 0.1) is 10.9 Å². The molecule has 0 aliphatic rings. The van der Waals surface area contributed by atoms with E-state index >= 15 is 0 Å². The predicted octanol–water partition coefficient (Wildman–Crippen LogP) is 2.71. The fraction of sp³-hybridized carbons (Fsp3) is 0.167. The first kappa shape index (κ1) is 18.8. The van der Waals surface area contributed by atoms with Crippen molar-refractivity contribution in [1.29, 1.82) is 0 Å². The van der Waals surface area contributed by atoms with E-state index in [9.17, 15) is 17.6 Å². The first-order valence-electron chi connectivity index (χ1n) is 7.51. The summed E-state index contributed by atoms with van der Waals surface area (Å²) in [5.41, 5.74) is 1.36. The first-order chi connectivity index (χ1) is 11.7. The Hall–Kier alpha value is -2.51. The molecule has 2 aromatic rings. The van der Waals surface area contributed by atoms with E-state index in [-0.39, 0.29) is 22.7 Å². The summed E-state index contributed by atoms with van der Waals surface area (Å²) in [7, 11) is -2.11. The molecule has 0 fully saturated rings. The lowest BCUT2D eigenvalue weighted by Gasteiger charge is -2.24. The van der Waals surface area contributed by atoms with Crippen molar-refractivity contribution in [3.8, 4) is 0 Å². The summed E-state index contributed by atoms with van der Waals surface area (Å²) in [5, 5.41) is 5.07. The fourth-order valence-corrected chi connectivity index (χ4v) is 2.76. The van der Waals surface area contributed by atoms with Crippen molar-refractivity contribution < 1.29 is 17.6 Å². The van der Waals surface area contributed by atoms with Crippen LogP contribution in [0.1, 0.15) is 24.1 Å². The largest absolute Gasteiger partial charge is 0.335 e. The molecule has 0 saturated carbocycles. The van der Waals surface area contributed by atoms with Crippen LogP contribution < -0.4 is 5.14 Å². The van der Waals surface area contributed by atoms with E-state index in [1.54, 1.807) is 37.4 Å². The Labute approximate surface area is 146 Å². The predicted molar refractivity (Wildman–Crippen MR) is 94.4 cm³/mol. The third-order valence-electron chi connectivity index (χ3n) is 3.89. The summed E-state index contributed by atoms with van der Waals surface area (Å²) in [5.74, 6) is -0.626. The monoisotopic (exact) mass is 362 g/mol. The molecule has 5 nitrogen and oxygen atoms in total. The molecule has 0 heterocycles. The van der Waals surface area contributed by atoms with Gasteiger partial charge in [-0.05, 0) is 48.4 Å². The molecule has 1 atom stereocenters. The van der Waals surface area contributed by atoms with Gasteiger partial charge in [-0.25, -0.2) is 17.9 Å². The number of halogens is 1. The van der Waals surface area contributed by atoms with Crippen LogP contribution in [0.15, 0.2) is 59.5 Å². The highest BCUT2D eigenvalue weighted by Crippen LogP contribution is 2.21. The second-order valence-electron chi connectivity index (χ2n) is 5.63. The van der Waals surface area contributed by atoms with Gasteiger partial charge in [0.1, 0.15) is 5.82 Å². The molecular weight excluding hydrogens is 343 g/mol. The molecule has 2 aromatic carbocycles. The molecule has 2 N–H and O–H groups in total. The standard InChI is InChI=1S/C18H19FN2O3S/c1-13(15-7-9-17(10-8-15)25(20,23)24)21(2)18(22)11-6-14-4-3-5-16(19)12-14/h3-13H,1-2H3,(H2,20,23,24)/b11-6+. The number of amides is 1. The number of hydrogen-bond donors (Lipinski definition) is 1. The van der Waals surface area contributed by atoms with E-state index in [4.69, 9.17) is 5.14 Å². The molecule has 132 valence electrons. The van der Waals surface area contributed by atoms with Gasteiger partial charge in [0, 0.05) is 13.1 Å². The number of likely N-dealkylation sites (N-methyl/N-ethyl adjacent to an activating group) is 1. The zero-order chi connectivity index (χ0) is 18.6. The van der Waals surface area contributed by atoms with Crippen LogP contribution in [-0.4, -0.2) is 26.3 Å². The van der Waals surface area contributed by atoms with E-state index in [0.29, 0.717) is 5.56 Å². The van der Waals surface area contributed by atoms with Crippen molar-refractivity contribution in [2.45, 2.75) is 17.9 Å². The SMILES string of the molecule is CC(c1ccc(S(N)(=O)=O)cc1)N(C)C(=O)/C=C/c1cccc(F)c1. The Bertz CT molecular complexity index is 893. The van der Waals surface area contributed by atoms with Crippen LogP contribution in [0.4, 0.5) is 4.39 Å². The normalized spacial score (nSPS) is 13.0. The molecule has 0 spiro atoms. The first-order valence-corrected chi connectivity index (χ1v) is 9.06. The van der Waals surface area contributed by atoms with Gasteiger partial charge >= 0.3 is 0 Å². The second-order valence-corrected chi connectivity index (χ2v) is 7.19. The molecule has 0 aliphatic heterocycles. The van der Waals surface area contributed by atoms with Gasteiger partial charge in [-0.3, -0.25) is 4.79 Å². The van der Waals surface area contributed by atoms with Crippen molar-refractivity contribution >= 4 is 22.0 Å². The van der Waals surface area contributed by atoms with Crippen LogP contribution in [0.3, 0.4) is 0 Å². The number of primary sulfonamides is 1. The van der Waals surface area contributed by atoms with Gasteiger partial charge in [-0.2, -0.15) is 0 Å². The van der Waals surface area contributed by atoms with E-state index in [2.05, 4.69) is 0 Å². The quantitative estimate of drug-likeness (QED) is 0.831. The number of benzene rings is 2. The zero-order valence-electron chi connectivity index (χ0n) is 13.9. The number of carbonyl (C=O) groups excluding carboxylic acids is 1. The highest BCUT2D eigenvalue weighted by atomic mass is 32.2. The molecule has 0 aliphatic carbocycles. The smallest absolute Gasteiger partial charge is 0.246 e. The maximum atomic E-state index is 13.1. The molecule has 1 amide bonds. The fourth-order valence-electron chi connectivity index (χ4n) is 2.25. The van der Waals surface area contributed by atoms with Crippen LogP contribution in [0.5, 0.6) is 0 Å². The molecule has 0 bridgehead atoms. The van der Waals surface area contributed by atoms with Crippen LogP contribution in [0.25, 0.3) is 6.08 Å². The van der Waals surface area contributed by atoms with Crippen LogP contribution >= 0.6 is 0 Å². The van der Waals surface area contributed by atoms with E-state index in [1.807, 2.05) is 6.92 Å². The average Bonchev–Trinajstić information content (AvgIpc) is 2.58. The number of rotatable bonds is 5. The summed E-state index contributed by atoms with van der Waals surface area (Å²) in [6.07, 6.45) is 2.91. The Kier molecular flexibility index (Phi) is 5.71. The Morgan fingerprint density at radius 2 is 1.84 bits per heavy atom. The molecule has 1 unspecified atom stereocenters. The zero-order valence-corrected chi connectivity index (χ0v) is 14.7. The maximum Gasteiger partial charge on any atom is 0.246 e. The van der Waals surface area contributed by atoms with Crippen molar-refractivity contribution in [3.05, 3.63) is 71.6 Å². The van der Waals surface area contributed by atoms with E-state index < -0.39 is 10.0 Å². The molecule has 0 aromatic heterocycles. The minimum absolute atomic E-state index is 0.0171. The number of nitrogens with zero attached hydrogens (tertiary/aromatic N) is 1. The van der Waals surface area contributed by atoms with Gasteiger partial charge in [0.15, 0.2) is 0 Å². The topological polar surface area (TPSA) is 80.5 Å². The van der Waals surface area contributed by atoms with Gasteiger partial charge in [-0.15, -0.1) is 0 Å². The summed E-state index contributed by atoms with van der Waals surface area (Å²) in [6, 6.07) is 11.7. The maximum absolute atomic E-state index is 13.1. The van der Waals surface area contributed by atoms with E-state index in [0.717, 1.165) is 5.56 Å². The number of carbonyl (C=O) groups is 1. The Morgan fingerprint density at radius 1 is 1.20 bits per heavy atom. The average molecular weight is 362 g/mol. The Balaban J connectivity index is 2.10. The minimum Gasteiger partial charge on any atom is -0.335 e. The lowest BCUT2D eigenvalue weighted by Crippen LogP contribution is -2.28. The summed E-state index contributed by atoms with van der Waals surface area (Å²) in [6.45, 7) is 1.82. The van der Waals surface area contributed by atoms with Crippen LogP contribution in [0.2, 0.25) is 0 Å². The molecule has 2 rings (SSSR count). The molecule has 7 heteroatoms. The Morgan fingerprint density at radius 3 is 2.40 bits per heavy atom. The van der Waals surface area contributed by atoms with Gasteiger partial charge in [-0.1, -0.05) is 24.3 Å². The van der Waals surface area contributed by atoms with Crippen LogP contribution in [-0.2, 0) is 14.8 Å². The van der Waals surface area contributed by atoms with E-state index in [1.165, 1.54) is 35.2 Å². The summed E-state index contributed by atoms with van der Waals surface area (Å²) < 4.78 is 35.7. The lowest BCUT2D eigenvalue weighted by molar-refractivity contribution is -0.126. The van der Waals surface area contributed by atoms with Crippen molar-refractivity contribution in [2.24, 2.45) is 5.14 Å². The lowest BCUT2D eigenvalue weighted by atomic mass is 10.1. The highest BCUT2D eigenvalue weighted by molar-refractivity contribution is 7.89. The molecule has 0 radical (unpaired) electrons. The van der Waals surface area contributed by atoms with Crippen molar-refractivity contribution in [2.75, 3.05) is 7.05 Å². The van der Waals surface area contributed by atoms with Gasteiger partial charge in [0.2, 0.25) is 15.9 Å². The van der Waals surface area contributed by atoms with Gasteiger partial charge < -0.3 is 4.90 Å². The molecule has 0 saturated heterocycles. The van der Waals surface area contributed by atoms with Crippen molar-refractivity contribution in [1.82, 2.24) is 4.90 Å². The molecular formula is C18H19FN2O3S. The molecule has 25 heavy (non-hydrogen) atoms. The minimum atomic E-state index is -3.75. The summed E-state index contributed by atoms with van der Waals surface area (Å²) in [4.78, 5) is 13.8. The van der Waals surface area contributed by atoms with Crippen molar-refractivity contribution in [3.63, 3.8) is 0 Å². The highest BCUT2D eigenvalue weighted by Gasteiger charge is 2.16. The number of sulfonamides is 1. The number of nitrogens with two attached hydrogens (primary N) is 1. The van der Waals surface area contributed by atoms with Gasteiger partial charge in [0.25, 0.3) is 0 Å². The third-order valence-corrected chi connectivity index (χ3v) is 4.82. The second kappa shape index (κ2) is 7.58. The third kappa shape index (κ3) is 4.98. The summed E-state index contributed by atoms with van der Waals surface area (Å²) >= 11 is 0. The van der Waals surface area contributed by atoms with Crippen LogP contribution in [0, 0.1) is 5.82 Å².